The molecule has 0 aromatic heterocycles. The lowest BCUT2D eigenvalue weighted by atomic mass is 10.1. The summed E-state index contributed by atoms with van der Waals surface area (Å²) in [7, 11) is 0. The monoisotopic (exact) mass is 300 g/mol. The van der Waals surface area contributed by atoms with Crippen molar-refractivity contribution >= 4 is 29.4 Å². The van der Waals surface area contributed by atoms with Crippen LogP contribution in [0, 0.1) is 5.82 Å². The smallest absolute Gasteiger partial charge is 0.343 e. The average molecular weight is 301 g/mol. The average Bonchev–Trinajstić information content (AvgIpc) is 2.83. The van der Waals surface area contributed by atoms with Crippen LogP contribution >= 0.6 is 11.6 Å². The second-order valence-corrected chi connectivity index (χ2v) is 4.99. The number of hydrogen-bond donors (Lipinski definition) is 0. The molecular weight excluding hydrogens is 291 g/mol. The first-order chi connectivity index (χ1) is 10.1. The summed E-state index contributed by atoms with van der Waals surface area (Å²) in [6.07, 6.45) is 3.36. The molecule has 0 amide bonds. The van der Waals surface area contributed by atoms with E-state index in [9.17, 15) is 9.18 Å². The van der Waals surface area contributed by atoms with Gasteiger partial charge in [-0.15, -0.1) is 0 Å². The molecule has 0 N–H and O–H groups in total. The zero-order valence-corrected chi connectivity index (χ0v) is 11.6. The molecule has 0 fully saturated rings. The maximum atomic E-state index is 12.9. The second kappa shape index (κ2) is 5.54. The predicted molar refractivity (Wildman–Crippen MR) is 79.9 cm³/mol. The Morgan fingerprint density at radius 2 is 1.67 bits per heavy atom. The van der Waals surface area contributed by atoms with Gasteiger partial charge in [-0.1, -0.05) is 23.7 Å². The van der Waals surface area contributed by atoms with Gasteiger partial charge in [-0.3, -0.25) is 0 Å². The van der Waals surface area contributed by atoms with Crippen molar-refractivity contribution in [3.63, 3.8) is 0 Å². The molecule has 0 atom stereocenters. The summed E-state index contributed by atoms with van der Waals surface area (Å²) in [4.78, 5) is 11.9. The van der Waals surface area contributed by atoms with Crippen LogP contribution in [0.15, 0.2) is 60.2 Å². The maximum absolute atomic E-state index is 12.9. The molecule has 2 nitrogen and oxygen atoms in total. The quantitative estimate of drug-likeness (QED) is 0.604. The largest absolute Gasteiger partial charge is 0.422 e. The zero-order valence-electron chi connectivity index (χ0n) is 10.8. The molecule has 1 aliphatic heterocycles. The number of cyclic esters (lactones) is 1. The van der Waals surface area contributed by atoms with E-state index in [0.29, 0.717) is 21.9 Å². The minimum atomic E-state index is -0.427. The molecule has 2 aromatic carbocycles. The SMILES string of the molecule is O=C1OC(c2ccc(F)cc2)=C/C1=C/c1ccc(Cl)cc1. The Morgan fingerprint density at radius 1 is 1.00 bits per heavy atom. The molecule has 0 aliphatic carbocycles. The fraction of sp³-hybridized carbons (Fsp3) is 0. The lowest BCUT2D eigenvalue weighted by Crippen LogP contribution is -1.97. The van der Waals surface area contributed by atoms with E-state index in [0.717, 1.165) is 5.56 Å². The van der Waals surface area contributed by atoms with E-state index in [1.807, 2.05) is 12.1 Å². The van der Waals surface area contributed by atoms with Crippen molar-refractivity contribution in [2.24, 2.45) is 0 Å². The van der Waals surface area contributed by atoms with Gasteiger partial charge in [-0.05, 0) is 54.1 Å². The van der Waals surface area contributed by atoms with Crippen molar-refractivity contribution in [3.8, 4) is 0 Å². The van der Waals surface area contributed by atoms with E-state index in [1.165, 1.54) is 12.1 Å². The third-order valence-electron chi connectivity index (χ3n) is 3.05. The number of hydrogen-bond acceptors (Lipinski definition) is 2. The Labute approximate surface area is 126 Å². The molecular formula is C17H10ClFO2. The molecule has 1 heterocycles. The van der Waals surface area contributed by atoms with Crippen LogP contribution < -0.4 is 0 Å². The highest BCUT2D eigenvalue weighted by atomic mass is 35.5. The summed E-state index contributed by atoms with van der Waals surface area (Å²) in [5.41, 5.74) is 1.95. The topological polar surface area (TPSA) is 26.3 Å². The fourth-order valence-corrected chi connectivity index (χ4v) is 2.11. The molecule has 0 saturated carbocycles. The summed E-state index contributed by atoms with van der Waals surface area (Å²) in [5, 5.41) is 0.633. The molecule has 0 bridgehead atoms. The normalized spacial score (nSPS) is 16.0. The van der Waals surface area contributed by atoms with Crippen molar-refractivity contribution < 1.29 is 13.9 Å². The van der Waals surface area contributed by atoms with Crippen molar-refractivity contribution in [1.82, 2.24) is 0 Å². The third-order valence-corrected chi connectivity index (χ3v) is 3.30. The first kappa shape index (κ1) is 13.6. The van der Waals surface area contributed by atoms with Crippen molar-refractivity contribution in [3.05, 3.63) is 82.1 Å². The van der Waals surface area contributed by atoms with Crippen LogP contribution in [-0.2, 0) is 9.53 Å². The number of carbonyl (C=O) groups is 1. The van der Waals surface area contributed by atoms with Crippen LogP contribution in [0.2, 0.25) is 5.02 Å². The molecule has 0 unspecified atom stereocenters. The summed E-state index contributed by atoms with van der Waals surface area (Å²) in [5.74, 6) is -0.343. The van der Waals surface area contributed by atoms with Gasteiger partial charge >= 0.3 is 5.97 Å². The molecule has 0 radical (unpaired) electrons. The Bertz CT molecular complexity index is 743. The Kier molecular flexibility index (Phi) is 3.59. The number of rotatable bonds is 2. The predicted octanol–water partition coefficient (Wildman–Crippen LogP) is 4.46. The van der Waals surface area contributed by atoms with Crippen LogP contribution in [0.5, 0.6) is 0 Å². The van der Waals surface area contributed by atoms with Gasteiger partial charge in [0.15, 0.2) is 0 Å². The highest BCUT2D eigenvalue weighted by molar-refractivity contribution is 6.30. The lowest BCUT2D eigenvalue weighted by Gasteiger charge is -2.00. The van der Waals surface area contributed by atoms with Gasteiger partial charge in [0.25, 0.3) is 0 Å². The van der Waals surface area contributed by atoms with Crippen molar-refractivity contribution in [2.45, 2.75) is 0 Å². The van der Waals surface area contributed by atoms with Crippen LogP contribution in [0.1, 0.15) is 11.1 Å². The second-order valence-electron chi connectivity index (χ2n) is 4.56. The van der Waals surface area contributed by atoms with Crippen molar-refractivity contribution in [1.29, 1.82) is 0 Å². The maximum Gasteiger partial charge on any atom is 0.343 e. The van der Waals surface area contributed by atoms with Gasteiger partial charge in [-0.25, -0.2) is 9.18 Å². The molecule has 4 heteroatoms. The minimum absolute atomic E-state index is 0.333. The van der Waals surface area contributed by atoms with E-state index in [1.54, 1.807) is 36.4 Å². The molecule has 21 heavy (non-hydrogen) atoms. The summed E-state index contributed by atoms with van der Waals surface area (Å²) >= 11 is 5.82. The molecule has 2 aromatic rings. The Balaban J connectivity index is 1.91. The van der Waals surface area contributed by atoms with Gasteiger partial charge in [0.2, 0.25) is 0 Å². The molecule has 0 spiro atoms. The van der Waals surface area contributed by atoms with Crippen LogP contribution in [0.3, 0.4) is 0 Å². The molecule has 3 rings (SSSR count). The minimum Gasteiger partial charge on any atom is -0.422 e. The lowest BCUT2D eigenvalue weighted by molar-refractivity contribution is -0.130. The Morgan fingerprint density at radius 3 is 2.33 bits per heavy atom. The van der Waals surface area contributed by atoms with Gasteiger partial charge in [0.05, 0.1) is 5.57 Å². The van der Waals surface area contributed by atoms with Gasteiger partial charge in [0, 0.05) is 10.6 Å². The summed E-state index contributed by atoms with van der Waals surface area (Å²) in [6.45, 7) is 0. The van der Waals surface area contributed by atoms with Crippen molar-refractivity contribution in [2.75, 3.05) is 0 Å². The number of carbonyl (C=O) groups excluding carboxylic acids is 1. The standard InChI is InChI=1S/C17H10ClFO2/c18-14-5-1-11(2-6-14)9-13-10-16(21-17(13)20)12-3-7-15(19)8-4-12/h1-10H/b13-9-. The Hall–Kier alpha value is -2.39. The van der Waals surface area contributed by atoms with Gasteiger partial charge < -0.3 is 4.74 Å². The fourth-order valence-electron chi connectivity index (χ4n) is 1.98. The van der Waals surface area contributed by atoms with Gasteiger partial charge in [-0.2, -0.15) is 0 Å². The zero-order chi connectivity index (χ0) is 14.8. The number of ether oxygens (including phenoxy) is 1. The third kappa shape index (κ3) is 3.03. The van der Waals surface area contributed by atoms with E-state index < -0.39 is 5.97 Å². The van der Waals surface area contributed by atoms with E-state index in [2.05, 4.69) is 0 Å². The van der Waals surface area contributed by atoms with E-state index >= 15 is 0 Å². The number of esters is 1. The molecule has 0 saturated heterocycles. The highest BCUT2D eigenvalue weighted by Gasteiger charge is 2.21. The van der Waals surface area contributed by atoms with Crippen LogP contribution in [0.25, 0.3) is 11.8 Å². The molecule has 104 valence electrons. The number of halogens is 2. The summed E-state index contributed by atoms with van der Waals surface area (Å²) in [6, 6.07) is 12.9. The van der Waals surface area contributed by atoms with E-state index in [4.69, 9.17) is 16.3 Å². The molecule has 1 aliphatic rings. The van der Waals surface area contributed by atoms with Crippen LogP contribution in [-0.4, -0.2) is 5.97 Å². The summed E-state index contributed by atoms with van der Waals surface area (Å²) < 4.78 is 18.1. The van der Waals surface area contributed by atoms with Gasteiger partial charge in [0.1, 0.15) is 11.6 Å². The van der Waals surface area contributed by atoms with E-state index in [-0.39, 0.29) is 5.82 Å². The first-order valence-electron chi connectivity index (χ1n) is 6.29. The number of benzene rings is 2. The van der Waals surface area contributed by atoms with Crippen LogP contribution in [0.4, 0.5) is 4.39 Å². The first-order valence-corrected chi connectivity index (χ1v) is 6.67. The highest BCUT2D eigenvalue weighted by Crippen LogP contribution is 2.27.